The monoisotopic (exact) mass is 380 g/mol. The van der Waals surface area contributed by atoms with Crippen LogP contribution in [-0.4, -0.2) is 47.9 Å². The summed E-state index contributed by atoms with van der Waals surface area (Å²) in [4.78, 5) is 17.2. The van der Waals surface area contributed by atoms with Gasteiger partial charge in [-0.2, -0.15) is 0 Å². The molecule has 2 aliphatic heterocycles. The Balaban J connectivity index is 1.41. The lowest BCUT2D eigenvalue weighted by molar-refractivity contribution is -0.133. The summed E-state index contributed by atoms with van der Waals surface area (Å²) >= 11 is 0. The van der Waals surface area contributed by atoms with Crippen molar-refractivity contribution >= 4 is 11.5 Å². The highest BCUT2D eigenvalue weighted by Crippen LogP contribution is 2.41. The molecule has 3 aliphatic rings. The molecule has 28 heavy (non-hydrogen) atoms. The highest BCUT2D eigenvalue weighted by atomic mass is 16.2. The van der Waals surface area contributed by atoms with Crippen LogP contribution in [0, 0.1) is 17.8 Å². The molecular formula is C25H36N2O. The van der Waals surface area contributed by atoms with Crippen LogP contribution in [0.2, 0.25) is 0 Å². The Hall–Kier alpha value is -1.61. The second-order valence-corrected chi connectivity index (χ2v) is 9.48. The van der Waals surface area contributed by atoms with Gasteiger partial charge in [0.1, 0.15) is 0 Å². The van der Waals surface area contributed by atoms with E-state index < -0.39 is 0 Å². The summed E-state index contributed by atoms with van der Waals surface area (Å²) in [5.41, 5.74) is 4.29. The van der Waals surface area contributed by atoms with Crippen molar-refractivity contribution in [2.75, 3.05) is 26.2 Å². The zero-order chi connectivity index (χ0) is 19.7. The van der Waals surface area contributed by atoms with Crippen molar-refractivity contribution in [1.29, 1.82) is 0 Å². The molecule has 1 amide bonds. The molecule has 3 heteroatoms. The minimum atomic E-state index is 0.102. The van der Waals surface area contributed by atoms with Crippen molar-refractivity contribution in [1.82, 2.24) is 9.80 Å². The third-order valence-electron chi connectivity index (χ3n) is 7.21. The number of hydrogen-bond donors (Lipinski definition) is 0. The number of amides is 1. The number of fused-ring (bicyclic) bond motifs is 1. The molecule has 2 saturated heterocycles. The first-order chi connectivity index (χ1) is 13.5. The molecule has 1 aromatic carbocycles. The lowest BCUT2D eigenvalue weighted by Gasteiger charge is -2.26. The van der Waals surface area contributed by atoms with Crippen molar-refractivity contribution in [2.45, 2.75) is 58.9 Å². The number of likely N-dealkylation sites (tertiary alicyclic amines) is 2. The van der Waals surface area contributed by atoms with Crippen molar-refractivity contribution in [3.05, 3.63) is 41.5 Å². The summed E-state index contributed by atoms with van der Waals surface area (Å²) in [7, 11) is 0. The first-order valence-electron chi connectivity index (χ1n) is 11.3. The lowest BCUT2D eigenvalue weighted by Crippen LogP contribution is -2.32. The molecule has 2 heterocycles. The zero-order valence-corrected chi connectivity index (χ0v) is 17.9. The molecule has 0 N–H and O–H groups in total. The van der Waals surface area contributed by atoms with Crippen LogP contribution in [0.3, 0.4) is 0 Å². The van der Waals surface area contributed by atoms with Crippen LogP contribution in [0.25, 0.3) is 5.57 Å². The smallest absolute Gasteiger partial charge is 0.225 e. The average molecular weight is 381 g/mol. The highest BCUT2D eigenvalue weighted by Gasteiger charge is 2.39. The standard InChI is InChI=1S/C25H36N2O/c1-18(2)25(28)27-16-22-7-4-8-23(24(22)17-27)21-11-9-20(10-12-21)13-15-26-14-5-6-19(26)3/h8-12,18-19,22,24H,4-7,13-17H2,1-3H3/t19-,22?,24?/m1/s1. The molecule has 3 nitrogen and oxygen atoms in total. The summed E-state index contributed by atoms with van der Waals surface area (Å²) < 4.78 is 0. The maximum Gasteiger partial charge on any atom is 0.225 e. The molecule has 4 rings (SSSR count). The van der Waals surface area contributed by atoms with Crippen molar-refractivity contribution < 1.29 is 4.79 Å². The number of hydrogen-bond acceptors (Lipinski definition) is 2. The van der Waals surface area contributed by atoms with E-state index in [0.717, 1.165) is 32.0 Å². The quantitative estimate of drug-likeness (QED) is 0.744. The van der Waals surface area contributed by atoms with Crippen molar-refractivity contribution in [2.24, 2.45) is 17.8 Å². The molecule has 152 valence electrons. The van der Waals surface area contributed by atoms with E-state index in [9.17, 15) is 4.79 Å². The predicted octanol–water partition coefficient (Wildman–Crippen LogP) is 4.62. The summed E-state index contributed by atoms with van der Waals surface area (Å²) in [6.07, 6.45) is 8.66. The van der Waals surface area contributed by atoms with Gasteiger partial charge < -0.3 is 9.80 Å². The Labute approximate surface area is 170 Å². The number of nitrogens with zero attached hydrogens (tertiary/aromatic N) is 2. The summed E-state index contributed by atoms with van der Waals surface area (Å²) in [6, 6.07) is 10.1. The average Bonchev–Trinajstić information content (AvgIpc) is 3.31. The summed E-state index contributed by atoms with van der Waals surface area (Å²) in [6.45, 7) is 10.7. The minimum absolute atomic E-state index is 0.102. The van der Waals surface area contributed by atoms with Gasteiger partial charge in [-0.15, -0.1) is 0 Å². The van der Waals surface area contributed by atoms with Gasteiger partial charge in [0.15, 0.2) is 0 Å². The fourth-order valence-electron chi connectivity index (χ4n) is 5.46. The molecule has 0 aromatic heterocycles. The van der Waals surface area contributed by atoms with Gasteiger partial charge in [0, 0.05) is 37.5 Å². The van der Waals surface area contributed by atoms with E-state index in [-0.39, 0.29) is 5.92 Å². The summed E-state index contributed by atoms with van der Waals surface area (Å²) in [5.74, 6) is 1.58. The Morgan fingerprint density at radius 2 is 1.93 bits per heavy atom. The molecule has 0 spiro atoms. The van der Waals surface area contributed by atoms with Gasteiger partial charge in [0.05, 0.1) is 0 Å². The fraction of sp³-hybridized carbons (Fsp3) is 0.640. The molecular weight excluding hydrogens is 344 g/mol. The minimum Gasteiger partial charge on any atom is -0.342 e. The van der Waals surface area contributed by atoms with Gasteiger partial charge in [-0.3, -0.25) is 4.79 Å². The van der Waals surface area contributed by atoms with Crippen molar-refractivity contribution in [3.8, 4) is 0 Å². The molecule has 0 saturated carbocycles. The van der Waals surface area contributed by atoms with Gasteiger partial charge in [-0.05, 0) is 68.2 Å². The number of benzene rings is 1. The number of rotatable bonds is 5. The molecule has 3 atom stereocenters. The van der Waals surface area contributed by atoms with Crippen LogP contribution in [0.15, 0.2) is 30.3 Å². The Bertz CT molecular complexity index is 721. The number of carbonyl (C=O) groups excluding carboxylic acids is 1. The second-order valence-electron chi connectivity index (χ2n) is 9.48. The van der Waals surface area contributed by atoms with E-state index in [4.69, 9.17) is 0 Å². The molecule has 1 aliphatic carbocycles. The maximum atomic E-state index is 12.5. The van der Waals surface area contributed by atoms with E-state index in [0.29, 0.717) is 17.7 Å². The number of allylic oxidation sites excluding steroid dienone is 1. The third-order valence-corrected chi connectivity index (χ3v) is 7.21. The highest BCUT2D eigenvalue weighted by molar-refractivity contribution is 5.79. The maximum absolute atomic E-state index is 12.5. The molecule has 2 fully saturated rings. The molecule has 0 bridgehead atoms. The van der Waals surface area contributed by atoms with Crippen LogP contribution in [0.4, 0.5) is 0 Å². The Morgan fingerprint density at radius 1 is 1.14 bits per heavy atom. The molecule has 1 aromatic rings. The molecule has 0 radical (unpaired) electrons. The van der Waals surface area contributed by atoms with Crippen LogP contribution in [0.1, 0.15) is 57.6 Å². The second kappa shape index (κ2) is 8.41. The van der Waals surface area contributed by atoms with E-state index in [1.54, 1.807) is 0 Å². The van der Waals surface area contributed by atoms with E-state index in [1.165, 1.54) is 49.1 Å². The van der Waals surface area contributed by atoms with Gasteiger partial charge in [0.2, 0.25) is 5.91 Å². The van der Waals surface area contributed by atoms with E-state index in [2.05, 4.69) is 47.1 Å². The number of carbonyl (C=O) groups is 1. The van der Waals surface area contributed by atoms with Gasteiger partial charge in [-0.25, -0.2) is 0 Å². The van der Waals surface area contributed by atoms with Gasteiger partial charge in [-0.1, -0.05) is 44.2 Å². The first kappa shape index (κ1) is 19.7. The topological polar surface area (TPSA) is 23.6 Å². The van der Waals surface area contributed by atoms with Crippen LogP contribution >= 0.6 is 0 Å². The van der Waals surface area contributed by atoms with Gasteiger partial charge in [0.25, 0.3) is 0 Å². The molecule has 2 unspecified atom stereocenters. The van der Waals surface area contributed by atoms with Crippen molar-refractivity contribution in [3.63, 3.8) is 0 Å². The SMILES string of the molecule is CC(C)C(=O)N1CC2CCC=C(c3ccc(CCN4CCC[C@H]4C)cc3)C2C1. The van der Waals surface area contributed by atoms with Crippen LogP contribution in [-0.2, 0) is 11.2 Å². The lowest BCUT2D eigenvalue weighted by atomic mass is 9.78. The zero-order valence-electron chi connectivity index (χ0n) is 17.9. The largest absolute Gasteiger partial charge is 0.342 e. The van der Waals surface area contributed by atoms with E-state index >= 15 is 0 Å². The van der Waals surface area contributed by atoms with Crippen LogP contribution < -0.4 is 0 Å². The summed E-state index contributed by atoms with van der Waals surface area (Å²) in [5, 5.41) is 0. The predicted molar refractivity (Wildman–Crippen MR) is 116 cm³/mol. The Morgan fingerprint density at radius 3 is 2.61 bits per heavy atom. The van der Waals surface area contributed by atoms with E-state index in [1.807, 2.05) is 13.8 Å². The Kier molecular flexibility index (Phi) is 5.91. The van der Waals surface area contributed by atoms with Gasteiger partial charge >= 0.3 is 0 Å². The third kappa shape index (κ3) is 4.05. The van der Waals surface area contributed by atoms with Crippen LogP contribution in [0.5, 0.6) is 0 Å². The fourth-order valence-corrected chi connectivity index (χ4v) is 5.46. The first-order valence-corrected chi connectivity index (χ1v) is 11.3. The normalized spacial score (nSPS) is 27.9.